The van der Waals surface area contributed by atoms with E-state index in [1.165, 1.54) is 11.1 Å². The molecule has 0 saturated carbocycles. The predicted molar refractivity (Wildman–Crippen MR) is 81.4 cm³/mol. The molecule has 0 fully saturated rings. The lowest BCUT2D eigenvalue weighted by Gasteiger charge is -2.09. The summed E-state index contributed by atoms with van der Waals surface area (Å²) in [5.74, 6) is 0. The molecule has 2 N–H and O–H groups in total. The Morgan fingerprint density at radius 3 is 2.00 bits per heavy atom. The van der Waals surface area contributed by atoms with Gasteiger partial charge in [0.05, 0.1) is 0 Å². The number of rotatable bonds is 4. The molecule has 2 rings (SSSR count). The molecule has 0 aliphatic heterocycles. The summed E-state index contributed by atoms with van der Waals surface area (Å²) in [6.45, 7) is 5.21. The van der Waals surface area contributed by atoms with Crippen molar-refractivity contribution in [1.82, 2.24) is 10.6 Å². The molecule has 0 aliphatic carbocycles. The quantitative estimate of drug-likeness (QED) is 0.877. The number of benzene rings is 2. The summed E-state index contributed by atoms with van der Waals surface area (Å²) in [5.41, 5.74) is 4.64. The van der Waals surface area contributed by atoms with Crippen LogP contribution in [0.25, 0.3) is 0 Å². The molecular weight excluding hydrogens is 248 g/mol. The molecule has 0 unspecified atom stereocenters. The van der Waals surface area contributed by atoms with Gasteiger partial charge in [-0.25, -0.2) is 4.79 Å². The van der Waals surface area contributed by atoms with E-state index in [1.807, 2.05) is 30.3 Å². The van der Waals surface area contributed by atoms with E-state index in [-0.39, 0.29) is 6.03 Å². The van der Waals surface area contributed by atoms with Crippen molar-refractivity contribution in [2.45, 2.75) is 26.9 Å². The smallest absolute Gasteiger partial charge is 0.315 e. The molecule has 104 valence electrons. The number of hydrogen-bond acceptors (Lipinski definition) is 1. The van der Waals surface area contributed by atoms with Gasteiger partial charge in [-0.1, -0.05) is 59.7 Å². The highest BCUT2D eigenvalue weighted by Crippen LogP contribution is 2.08. The first-order chi connectivity index (χ1) is 9.63. The monoisotopic (exact) mass is 268 g/mol. The van der Waals surface area contributed by atoms with Gasteiger partial charge in [0.2, 0.25) is 0 Å². The highest BCUT2D eigenvalue weighted by Gasteiger charge is 2.01. The molecule has 0 spiro atoms. The molecule has 0 radical (unpaired) electrons. The van der Waals surface area contributed by atoms with E-state index in [0.29, 0.717) is 13.1 Å². The fourth-order valence-electron chi connectivity index (χ4n) is 2.19. The third-order valence-electron chi connectivity index (χ3n) is 3.03. The van der Waals surface area contributed by atoms with Crippen molar-refractivity contribution in [3.05, 3.63) is 70.8 Å². The number of amides is 2. The van der Waals surface area contributed by atoms with Crippen LogP contribution in [-0.4, -0.2) is 6.03 Å². The van der Waals surface area contributed by atoms with Crippen molar-refractivity contribution in [2.75, 3.05) is 0 Å². The SMILES string of the molecule is Cc1cc(C)cc(CNC(=O)NCc2ccccc2)c1. The lowest BCUT2D eigenvalue weighted by molar-refractivity contribution is 0.240. The van der Waals surface area contributed by atoms with Crippen LogP contribution in [-0.2, 0) is 13.1 Å². The van der Waals surface area contributed by atoms with Gasteiger partial charge < -0.3 is 10.6 Å². The highest BCUT2D eigenvalue weighted by molar-refractivity contribution is 5.73. The number of nitrogens with one attached hydrogen (secondary N) is 2. The van der Waals surface area contributed by atoms with E-state index in [2.05, 4.69) is 42.7 Å². The van der Waals surface area contributed by atoms with E-state index in [1.54, 1.807) is 0 Å². The van der Waals surface area contributed by atoms with E-state index in [0.717, 1.165) is 11.1 Å². The normalized spacial score (nSPS) is 10.1. The Balaban J connectivity index is 1.80. The third-order valence-corrected chi connectivity index (χ3v) is 3.03. The minimum absolute atomic E-state index is 0.145. The Hall–Kier alpha value is -2.29. The lowest BCUT2D eigenvalue weighted by Crippen LogP contribution is -2.34. The van der Waals surface area contributed by atoms with E-state index < -0.39 is 0 Å². The number of aryl methyl sites for hydroxylation is 2. The Morgan fingerprint density at radius 1 is 0.850 bits per heavy atom. The Kier molecular flexibility index (Phi) is 4.77. The van der Waals surface area contributed by atoms with Gasteiger partial charge in [-0.3, -0.25) is 0 Å². The van der Waals surface area contributed by atoms with Crippen molar-refractivity contribution < 1.29 is 4.79 Å². The molecule has 0 saturated heterocycles. The fourth-order valence-corrected chi connectivity index (χ4v) is 2.19. The number of carbonyl (C=O) groups excluding carboxylic acids is 1. The summed E-state index contributed by atoms with van der Waals surface area (Å²) in [4.78, 5) is 11.7. The zero-order chi connectivity index (χ0) is 14.4. The van der Waals surface area contributed by atoms with Gasteiger partial charge in [-0.2, -0.15) is 0 Å². The molecule has 20 heavy (non-hydrogen) atoms. The summed E-state index contributed by atoms with van der Waals surface area (Å²) in [6, 6.07) is 16.0. The van der Waals surface area contributed by atoms with E-state index in [4.69, 9.17) is 0 Å². The molecule has 2 amide bonds. The maximum atomic E-state index is 11.7. The molecule has 0 aromatic heterocycles. The van der Waals surface area contributed by atoms with Crippen LogP contribution in [0.2, 0.25) is 0 Å². The number of urea groups is 1. The minimum Gasteiger partial charge on any atom is -0.334 e. The van der Waals surface area contributed by atoms with Crippen LogP contribution < -0.4 is 10.6 Å². The summed E-state index contributed by atoms with van der Waals surface area (Å²) < 4.78 is 0. The molecular formula is C17H20N2O. The van der Waals surface area contributed by atoms with Crippen molar-refractivity contribution in [3.8, 4) is 0 Å². The van der Waals surface area contributed by atoms with Gasteiger partial charge in [-0.15, -0.1) is 0 Å². The summed E-state index contributed by atoms with van der Waals surface area (Å²) >= 11 is 0. The van der Waals surface area contributed by atoms with Crippen LogP contribution >= 0.6 is 0 Å². The first-order valence-electron chi connectivity index (χ1n) is 6.76. The zero-order valence-electron chi connectivity index (χ0n) is 11.9. The topological polar surface area (TPSA) is 41.1 Å². The van der Waals surface area contributed by atoms with Gasteiger partial charge >= 0.3 is 6.03 Å². The molecule has 3 heteroatoms. The zero-order valence-corrected chi connectivity index (χ0v) is 11.9. The van der Waals surface area contributed by atoms with Gasteiger partial charge in [0.1, 0.15) is 0 Å². The molecule has 0 bridgehead atoms. The second kappa shape index (κ2) is 6.75. The van der Waals surface area contributed by atoms with Crippen LogP contribution in [0.1, 0.15) is 22.3 Å². The largest absolute Gasteiger partial charge is 0.334 e. The van der Waals surface area contributed by atoms with Gasteiger partial charge in [-0.05, 0) is 25.0 Å². The Labute approximate surface area is 120 Å². The van der Waals surface area contributed by atoms with Crippen LogP contribution in [0.4, 0.5) is 4.79 Å². The third kappa shape index (κ3) is 4.43. The first-order valence-corrected chi connectivity index (χ1v) is 6.76. The highest BCUT2D eigenvalue weighted by atomic mass is 16.2. The lowest BCUT2D eigenvalue weighted by atomic mass is 10.1. The van der Waals surface area contributed by atoms with E-state index >= 15 is 0 Å². The van der Waals surface area contributed by atoms with Gasteiger partial charge in [0.15, 0.2) is 0 Å². The molecule has 0 atom stereocenters. The number of hydrogen-bond donors (Lipinski definition) is 2. The predicted octanol–water partition coefficient (Wildman–Crippen LogP) is 3.30. The van der Waals surface area contributed by atoms with Crippen LogP contribution in [0.3, 0.4) is 0 Å². The summed E-state index contributed by atoms with van der Waals surface area (Å²) in [7, 11) is 0. The Morgan fingerprint density at radius 2 is 1.40 bits per heavy atom. The van der Waals surface area contributed by atoms with Crippen molar-refractivity contribution >= 4 is 6.03 Å². The van der Waals surface area contributed by atoms with Gasteiger partial charge in [0, 0.05) is 13.1 Å². The van der Waals surface area contributed by atoms with E-state index in [9.17, 15) is 4.79 Å². The molecule has 2 aromatic carbocycles. The van der Waals surface area contributed by atoms with Crippen LogP contribution in [0.5, 0.6) is 0 Å². The minimum atomic E-state index is -0.145. The summed E-state index contributed by atoms with van der Waals surface area (Å²) in [5, 5.41) is 5.72. The van der Waals surface area contributed by atoms with Crippen LogP contribution in [0, 0.1) is 13.8 Å². The summed E-state index contributed by atoms with van der Waals surface area (Å²) in [6.07, 6.45) is 0. The van der Waals surface area contributed by atoms with Crippen molar-refractivity contribution in [1.29, 1.82) is 0 Å². The molecule has 0 aliphatic rings. The molecule has 3 nitrogen and oxygen atoms in total. The average Bonchev–Trinajstić information content (AvgIpc) is 2.43. The fraction of sp³-hybridized carbons (Fsp3) is 0.235. The average molecular weight is 268 g/mol. The van der Waals surface area contributed by atoms with Crippen molar-refractivity contribution in [3.63, 3.8) is 0 Å². The Bertz CT molecular complexity index is 559. The molecule has 0 heterocycles. The number of carbonyl (C=O) groups is 1. The first kappa shape index (κ1) is 14.1. The molecule has 2 aromatic rings. The second-order valence-corrected chi connectivity index (χ2v) is 5.02. The standard InChI is InChI=1S/C17H20N2O/c1-13-8-14(2)10-16(9-13)12-19-17(20)18-11-15-6-4-3-5-7-15/h3-10H,11-12H2,1-2H3,(H2,18,19,20). The van der Waals surface area contributed by atoms with Crippen LogP contribution in [0.15, 0.2) is 48.5 Å². The van der Waals surface area contributed by atoms with Gasteiger partial charge in [0.25, 0.3) is 0 Å². The maximum Gasteiger partial charge on any atom is 0.315 e. The maximum absolute atomic E-state index is 11.7. The second-order valence-electron chi connectivity index (χ2n) is 5.02. The van der Waals surface area contributed by atoms with Crippen molar-refractivity contribution in [2.24, 2.45) is 0 Å².